The first-order valence-corrected chi connectivity index (χ1v) is 7.23. The van der Waals surface area contributed by atoms with Gasteiger partial charge in [-0.3, -0.25) is 0 Å². The van der Waals surface area contributed by atoms with E-state index in [4.69, 9.17) is 5.11 Å². The standard InChI is InChI=1S/C13H9BrN2O2S/c14-9-4-5-19-11(9)6-16-7-15-12-8(13(17)18)2-1-3-10(12)16/h1-5,7H,6H2,(H,17,18). The number of imidazole rings is 1. The van der Waals surface area contributed by atoms with E-state index in [-0.39, 0.29) is 5.56 Å². The fourth-order valence-electron chi connectivity index (χ4n) is 1.98. The van der Waals surface area contributed by atoms with Crippen LogP contribution in [0.4, 0.5) is 0 Å². The Morgan fingerprint density at radius 1 is 1.42 bits per heavy atom. The number of aromatic carboxylic acids is 1. The van der Waals surface area contributed by atoms with Gasteiger partial charge in [-0.1, -0.05) is 6.07 Å². The van der Waals surface area contributed by atoms with E-state index in [1.807, 2.05) is 22.1 Å². The first-order valence-electron chi connectivity index (χ1n) is 5.56. The molecule has 0 saturated heterocycles. The van der Waals surface area contributed by atoms with E-state index in [1.165, 1.54) is 4.88 Å². The van der Waals surface area contributed by atoms with Gasteiger partial charge in [0.1, 0.15) is 5.52 Å². The van der Waals surface area contributed by atoms with Gasteiger partial charge in [0.2, 0.25) is 0 Å². The lowest BCUT2D eigenvalue weighted by molar-refractivity contribution is 0.0699. The molecule has 96 valence electrons. The first kappa shape index (κ1) is 12.4. The monoisotopic (exact) mass is 336 g/mol. The number of fused-ring (bicyclic) bond motifs is 1. The van der Waals surface area contributed by atoms with Gasteiger partial charge in [0.25, 0.3) is 0 Å². The molecule has 0 bridgehead atoms. The molecule has 0 saturated carbocycles. The van der Waals surface area contributed by atoms with Crippen molar-refractivity contribution in [3.63, 3.8) is 0 Å². The highest BCUT2D eigenvalue weighted by atomic mass is 79.9. The molecule has 0 radical (unpaired) electrons. The van der Waals surface area contributed by atoms with Crippen LogP contribution in [0.5, 0.6) is 0 Å². The number of nitrogens with zero attached hydrogens (tertiary/aromatic N) is 2. The summed E-state index contributed by atoms with van der Waals surface area (Å²) in [4.78, 5) is 16.5. The molecule has 1 N–H and O–H groups in total. The summed E-state index contributed by atoms with van der Waals surface area (Å²) in [6.07, 6.45) is 1.68. The van der Waals surface area contributed by atoms with Crippen molar-refractivity contribution in [2.75, 3.05) is 0 Å². The van der Waals surface area contributed by atoms with E-state index < -0.39 is 5.97 Å². The second kappa shape index (κ2) is 4.79. The third-order valence-corrected chi connectivity index (χ3v) is 4.80. The number of carboxylic acids is 1. The van der Waals surface area contributed by atoms with Crippen LogP contribution in [0.3, 0.4) is 0 Å². The zero-order chi connectivity index (χ0) is 13.4. The Labute approximate surface area is 121 Å². The minimum atomic E-state index is -0.951. The molecule has 2 heterocycles. The summed E-state index contributed by atoms with van der Waals surface area (Å²) in [6, 6.07) is 7.20. The van der Waals surface area contributed by atoms with Crippen LogP contribution in [-0.2, 0) is 6.54 Å². The SMILES string of the molecule is O=C(O)c1cccc2c1ncn2Cc1sccc1Br. The number of benzene rings is 1. The molecule has 2 aromatic heterocycles. The molecular weight excluding hydrogens is 328 g/mol. The Bertz CT molecular complexity index is 763. The maximum Gasteiger partial charge on any atom is 0.337 e. The van der Waals surface area contributed by atoms with Gasteiger partial charge in [0.05, 0.1) is 24.0 Å². The Balaban J connectivity index is 2.09. The third kappa shape index (κ3) is 2.17. The molecule has 3 rings (SSSR count). The predicted octanol–water partition coefficient (Wildman–Crippen LogP) is 3.61. The molecule has 6 heteroatoms. The van der Waals surface area contributed by atoms with Crippen LogP contribution < -0.4 is 0 Å². The van der Waals surface area contributed by atoms with Gasteiger partial charge in [-0.25, -0.2) is 9.78 Å². The number of para-hydroxylation sites is 1. The molecule has 0 fully saturated rings. The molecule has 3 aromatic rings. The van der Waals surface area contributed by atoms with Crippen molar-refractivity contribution in [1.82, 2.24) is 9.55 Å². The summed E-state index contributed by atoms with van der Waals surface area (Å²) in [6.45, 7) is 0.678. The van der Waals surface area contributed by atoms with Gasteiger partial charge in [0.15, 0.2) is 0 Å². The second-order valence-corrected chi connectivity index (χ2v) is 5.90. The summed E-state index contributed by atoms with van der Waals surface area (Å²) in [7, 11) is 0. The van der Waals surface area contributed by atoms with Crippen LogP contribution in [0, 0.1) is 0 Å². The van der Waals surface area contributed by atoms with Gasteiger partial charge in [-0.05, 0) is 39.5 Å². The largest absolute Gasteiger partial charge is 0.478 e. The molecule has 0 aliphatic carbocycles. The van der Waals surface area contributed by atoms with Crippen molar-refractivity contribution in [2.24, 2.45) is 0 Å². The molecule has 1 aromatic carbocycles. The Kier molecular flexibility index (Phi) is 3.12. The van der Waals surface area contributed by atoms with Gasteiger partial charge < -0.3 is 9.67 Å². The number of thiophene rings is 1. The fraction of sp³-hybridized carbons (Fsp3) is 0.0769. The Morgan fingerprint density at radius 3 is 2.95 bits per heavy atom. The predicted molar refractivity (Wildman–Crippen MR) is 77.8 cm³/mol. The Hall–Kier alpha value is -1.66. The van der Waals surface area contributed by atoms with Crippen LogP contribution in [-0.4, -0.2) is 20.6 Å². The average molecular weight is 337 g/mol. The molecule has 0 aliphatic rings. The van der Waals surface area contributed by atoms with E-state index >= 15 is 0 Å². The van der Waals surface area contributed by atoms with E-state index in [0.29, 0.717) is 12.1 Å². The maximum atomic E-state index is 11.1. The molecule has 0 amide bonds. The number of hydrogen-bond donors (Lipinski definition) is 1. The third-order valence-electron chi connectivity index (χ3n) is 2.89. The second-order valence-electron chi connectivity index (χ2n) is 4.04. The normalized spacial score (nSPS) is 11.0. The van der Waals surface area contributed by atoms with Crippen LogP contribution in [0.15, 0.2) is 40.4 Å². The summed E-state index contributed by atoms with van der Waals surface area (Å²) >= 11 is 5.15. The van der Waals surface area contributed by atoms with Gasteiger partial charge in [0, 0.05) is 9.35 Å². The Morgan fingerprint density at radius 2 is 2.26 bits per heavy atom. The van der Waals surface area contributed by atoms with Crippen molar-refractivity contribution in [2.45, 2.75) is 6.54 Å². The molecule has 19 heavy (non-hydrogen) atoms. The summed E-state index contributed by atoms with van der Waals surface area (Å²) < 4.78 is 3.02. The van der Waals surface area contributed by atoms with Gasteiger partial charge >= 0.3 is 5.97 Å². The number of carbonyl (C=O) groups is 1. The van der Waals surface area contributed by atoms with Crippen LogP contribution in [0.25, 0.3) is 11.0 Å². The highest BCUT2D eigenvalue weighted by molar-refractivity contribution is 9.10. The zero-order valence-corrected chi connectivity index (χ0v) is 12.1. The molecule has 4 nitrogen and oxygen atoms in total. The lowest BCUT2D eigenvalue weighted by Gasteiger charge is -2.03. The minimum absolute atomic E-state index is 0.237. The number of rotatable bonds is 3. The van der Waals surface area contributed by atoms with Crippen LogP contribution in [0.2, 0.25) is 0 Å². The number of hydrogen-bond acceptors (Lipinski definition) is 3. The molecular formula is C13H9BrN2O2S. The lowest BCUT2D eigenvalue weighted by atomic mass is 10.2. The lowest BCUT2D eigenvalue weighted by Crippen LogP contribution is -1.99. The van der Waals surface area contributed by atoms with Gasteiger partial charge in [-0.15, -0.1) is 11.3 Å². The number of halogens is 1. The summed E-state index contributed by atoms with van der Waals surface area (Å²) in [5, 5.41) is 11.2. The molecule has 0 unspecified atom stereocenters. The summed E-state index contributed by atoms with van der Waals surface area (Å²) in [5.41, 5.74) is 1.60. The first-order chi connectivity index (χ1) is 9.16. The highest BCUT2D eigenvalue weighted by Crippen LogP contribution is 2.25. The highest BCUT2D eigenvalue weighted by Gasteiger charge is 2.13. The van der Waals surface area contributed by atoms with Crippen molar-refractivity contribution in [1.29, 1.82) is 0 Å². The van der Waals surface area contributed by atoms with Crippen LogP contribution in [0.1, 0.15) is 15.2 Å². The topological polar surface area (TPSA) is 55.1 Å². The van der Waals surface area contributed by atoms with E-state index in [2.05, 4.69) is 20.9 Å². The molecule has 0 aliphatic heterocycles. The van der Waals surface area contributed by atoms with E-state index in [1.54, 1.807) is 29.8 Å². The van der Waals surface area contributed by atoms with E-state index in [0.717, 1.165) is 9.99 Å². The molecule has 0 atom stereocenters. The van der Waals surface area contributed by atoms with Gasteiger partial charge in [-0.2, -0.15) is 0 Å². The number of aromatic nitrogens is 2. The van der Waals surface area contributed by atoms with E-state index in [9.17, 15) is 4.79 Å². The minimum Gasteiger partial charge on any atom is -0.478 e. The van der Waals surface area contributed by atoms with Crippen molar-refractivity contribution in [3.05, 3.63) is 50.9 Å². The quantitative estimate of drug-likeness (QED) is 0.794. The van der Waals surface area contributed by atoms with Crippen molar-refractivity contribution >= 4 is 44.3 Å². The summed E-state index contributed by atoms with van der Waals surface area (Å²) in [5.74, 6) is -0.951. The van der Waals surface area contributed by atoms with Crippen molar-refractivity contribution in [3.8, 4) is 0 Å². The van der Waals surface area contributed by atoms with Crippen molar-refractivity contribution < 1.29 is 9.90 Å². The fourth-order valence-corrected chi connectivity index (χ4v) is 3.46. The maximum absolute atomic E-state index is 11.1. The zero-order valence-electron chi connectivity index (χ0n) is 9.71. The smallest absolute Gasteiger partial charge is 0.337 e. The molecule has 0 spiro atoms. The number of carboxylic acid groups (broad SMARTS) is 1. The van der Waals surface area contributed by atoms with Crippen LogP contribution >= 0.6 is 27.3 Å². The average Bonchev–Trinajstić information content (AvgIpc) is 2.97.